The molecule has 32 heavy (non-hydrogen) atoms. The lowest BCUT2D eigenvalue weighted by atomic mass is 9.98. The molecule has 2 amide bonds. The zero-order valence-electron chi connectivity index (χ0n) is 17.9. The van der Waals surface area contributed by atoms with E-state index in [9.17, 15) is 14.4 Å². The van der Waals surface area contributed by atoms with Gasteiger partial charge in [0.25, 0.3) is 0 Å². The Morgan fingerprint density at radius 1 is 1.03 bits per heavy atom. The number of benzene rings is 2. The molecule has 166 valence electrons. The van der Waals surface area contributed by atoms with Crippen LogP contribution in [0.3, 0.4) is 0 Å². The smallest absolute Gasteiger partial charge is 0.407 e. The van der Waals surface area contributed by atoms with Crippen molar-refractivity contribution in [3.05, 3.63) is 71.3 Å². The average molecular weight is 434 g/mol. The molecule has 2 aromatic rings. The van der Waals surface area contributed by atoms with E-state index in [2.05, 4.69) is 34.9 Å². The van der Waals surface area contributed by atoms with Gasteiger partial charge in [0.05, 0.1) is 5.41 Å². The summed E-state index contributed by atoms with van der Waals surface area (Å²) in [6.07, 6.45) is 2.18. The second kappa shape index (κ2) is 8.86. The normalized spacial score (nSPS) is 16.0. The summed E-state index contributed by atoms with van der Waals surface area (Å²) in [5.41, 5.74) is 4.21. The highest BCUT2D eigenvalue weighted by Crippen LogP contribution is 2.45. The topological polar surface area (TPSA) is 105 Å². The number of alkyl carbamates (subject to hydrolysis) is 1. The van der Waals surface area contributed by atoms with E-state index >= 15 is 0 Å². The Bertz CT molecular complexity index is 1040. The number of carbonyl (C=O) groups is 3. The number of fused-ring (bicyclic) bond motifs is 3. The highest BCUT2D eigenvalue weighted by Gasteiger charge is 2.50. The molecule has 1 fully saturated rings. The summed E-state index contributed by atoms with van der Waals surface area (Å²) in [5, 5.41) is 14.5. The van der Waals surface area contributed by atoms with Crippen LogP contribution in [0.4, 0.5) is 4.79 Å². The lowest BCUT2D eigenvalue weighted by Crippen LogP contribution is -2.35. The molecule has 7 heteroatoms. The van der Waals surface area contributed by atoms with Crippen molar-refractivity contribution in [2.45, 2.75) is 25.7 Å². The number of amides is 2. The van der Waals surface area contributed by atoms with Crippen LogP contribution in [0.1, 0.15) is 36.8 Å². The first kappa shape index (κ1) is 21.6. The van der Waals surface area contributed by atoms with Crippen molar-refractivity contribution in [2.24, 2.45) is 5.41 Å². The summed E-state index contributed by atoms with van der Waals surface area (Å²) < 4.78 is 5.46. The molecular weight excluding hydrogens is 408 g/mol. The molecule has 1 saturated carbocycles. The van der Waals surface area contributed by atoms with Crippen molar-refractivity contribution in [2.75, 3.05) is 19.7 Å². The molecule has 2 aliphatic rings. The van der Waals surface area contributed by atoms with Crippen molar-refractivity contribution in [1.29, 1.82) is 0 Å². The van der Waals surface area contributed by atoms with Gasteiger partial charge in [0.15, 0.2) is 0 Å². The summed E-state index contributed by atoms with van der Waals surface area (Å²) >= 11 is 0. The second-order valence-electron chi connectivity index (χ2n) is 8.36. The maximum atomic E-state index is 12.2. The maximum absolute atomic E-state index is 12.2. The summed E-state index contributed by atoms with van der Waals surface area (Å²) in [7, 11) is 0. The third kappa shape index (κ3) is 4.37. The molecule has 0 atom stereocenters. The Kier molecular flexibility index (Phi) is 5.99. The van der Waals surface area contributed by atoms with Gasteiger partial charge in [0.2, 0.25) is 5.91 Å². The Morgan fingerprint density at radius 3 is 2.19 bits per heavy atom. The van der Waals surface area contributed by atoms with Crippen LogP contribution in [0, 0.1) is 5.41 Å². The minimum atomic E-state index is -0.878. The van der Waals surface area contributed by atoms with E-state index in [4.69, 9.17) is 9.84 Å². The number of nitrogens with one attached hydrogen (secondary N) is 2. The number of carboxylic acids is 1. The predicted octanol–water partition coefficient (Wildman–Crippen LogP) is 3.45. The van der Waals surface area contributed by atoms with Gasteiger partial charge in [-0.2, -0.15) is 0 Å². The van der Waals surface area contributed by atoms with Crippen molar-refractivity contribution in [3.8, 4) is 11.1 Å². The predicted molar refractivity (Wildman–Crippen MR) is 119 cm³/mol. The standard InChI is InChI=1S/C25H26N2O5/c1-16(22(28)27-15-25(11-12-25)23(29)30)10-13-26-24(31)32-14-21-19-8-4-2-6-17(19)18-7-3-5-9-20(18)21/h2-10,21H,11-15H2,1H3,(H,26,31)(H,27,28)(H,29,30)/b16-10+. The fourth-order valence-electron chi connectivity index (χ4n) is 4.04. The van der Waals surface area contributed by atoms with Crippen molar-refractivity contribution in [3.63, 3.8) is 0 Å². The van der Waals surface area contributed by atoms with E-state index in [0.29, 0.717) is 18.4 Å². The van der Waals surface area contributed by atoms with Crippen LogP contribution < -0.4 is 10.6 Å². The molecule has 7 nitrogen and oxygen atoms in total. The number of hydrogen-bond donors (Lipinski definition) is 3. The van der Waals surface area contributed by atoms with Crippen LogP contribution in [0.2, 0.25) is 0 Å². The van der Waals surface area contributed by atoms with E-state index in [0.717, 1.165) is 22.3 Å². The van der Waals surface area contributed by atoms with Gasteiger partial charge in [-0.05, 0) is 42.0 Å². The minimum absolute atomic E-state index is 0.0137. The van der Waals surface area contributed by atoms with Gasteiger partial charge in [0, 0.05) is 24.6 Å². The average Bonchev–Trinajstić information content (AvgIpc) is 3.53. The molecule has 0 unspecified atom stereocenters. The zero-order valence-corrected chi connectivity index (χ0v) is 17.9. The minimum Gasteiger partial charge on any atom is -0.481 e. The fraction of sp³-hybridized carbons (Fsp3) is 0.320. The fourth-order valence-corrected chi connectivity index (χ4v) is 4.04. The summed E-state index contributed by atoms with van der Waals surface area (Å²) in [6.45, 7) is 2.10. The van der Waals surface area contributed by atoms with Gasteiger partial charge in [0.1, 0.15) is 6.61 Å². The monoisotopic (exact) mass is 434 g/mol. The first-order chi connectivity index (χ1) is 15.4. The molecule has 0 aromatic heterocycles. The van der Waals surface area contributed by atoms with E-state index in [1.165, 1.54) is 0 Å². The SMILES string of the molecule is C/C(=C\CNC(=O)OCC1c2ccccc2-c2ccccc21)C(=O)NCC1(C(=O)O)CC1. The third-order valence-electron chi connectivity index (χ3n) is 6.25. The quantitative estimate of drug-likeness (QED) is 0.552. The molecule has 3 N–H and O–H groups in total. The van der Waals surface area contributed by atoms with Crippen LogP contribution in [0.25, 0.3) is 11.1 Å². The van der Waals surface area contributed by atoms with Crippen molar-refractivity contribution >= 4 is 18.0 Å². The first-order valence-electron chi connectivity index (χ1n) is 10.7. The molecule has 0 aliphatic heterocycles. The van der Waals surface area contributed by atoms with Crippen LogP contribution in [0.5, 0.6) is 0 Å². The number of carboxylic acid groups (broad SMARTS) is 1. The molecule has 0 bridgehead atoms. The molecular formula is C25H26N2O5. The van der Waals surface area contributed by atoms with Crippen molar-refractivity contribution in [1.82, 2.24) is 10.6 Å². The van der Waals surface area contributed by atoms with Gasteiger partial charge in [-0.3, -0.25) is 9.59 Å². The van der Waals surface area contributed by atoms with Gasteiger partial charge in [-0.25, -0.2) is 4.79 Å². The molecule has 4 rings (SSSR count). The summed E-state index contributed by atoms with van der Waals surface area (Å²) in [4.78, 5) is 35.5. The van der Waals surface area contributed by atoms with Crippen LogP contribution in [-0.4, -0.2) is 42.8 Å². The second-order valence-corrected chi connectivity index (χ2v) is 8.36. The highest BCUT2D eigenvalue weighted by molar-refractivity contribution is 5.93. The summed E-state index contributed by atoms with van der Waals surface area (Å²) in [6, 6.07) is 16.2. The molecule has 0 spiro atoms. The van der Waals surface area contributed by atoms with E-state index in [1.54, 1.807) is 13.0 Å². The lowest BCUT2D eigenvalue weighted by molar-refractivity contribution is -0.143. The molecule has 2 aromatic carbocycles. The van der Waals surface area contributed by atoms with Crippen LogP contribution >= 0.6 is 0 Å². The highest BCUT2D eigenvalue weighted by atomic mass is 16.5. The number of ether oxygens (including phenoxy) is 1. The van der Waals surface area contributed by atoms with Crippen LogP contribution in [-0.2, 0) is 14.3 Å². The number of hydrogen-bond acceptors (Lipinski definition) is 4. The van der Waals surface area contributed by atoms with Crippen molar-refractivity contribution < 1.29 is 24.2 Å². The molecule has 0 heterocycles. The Hall–Kier alpha value is -3.61. The van der Waals surface area contributed by atoms with Gasteiger partial charge in [-0.15, -0.1) is 0 Å². The molecule has 0 radical (unpaired) electrons. The van der Waals surface area contributed by atoms with Gasteiger partial charge >= 0.3 is 12.1 Å². The largest absolute Gasteiger partial charge is 0.481 e. The van der Waals surface area contributed by atoms with E-state index in [-0.39, 0.29) is 31.5 Å². The number of rotatable bonds is 8. The molecule has 2 aliphatic carbocycles. The van der Waals surface area contributed by atoms with Gasteiger partial charge < -0.3 is 20.5 Å². The Balaban J connectivity index is 1.26. The maximum Gasteiger partial charge on any atom is 0.407 e. The van der Waals surface area contributed by atoms with Crippen LogP contribution in [0.15, 0.2) is 60.2 Å². The summed E-state index contributed by atoms with van der Waals surface area (Å²) in [5.74, 6) is -1.23. The first-order valence-corrected chi connectivity index (χ1v) is 10.7. The Morgan fingerprint density at radius 2 is 1.62 bits per heavy atom. The third-order valence-corrected chi connectivity index (χ3v) is 6.25. The van der Waals surface area contributed by atoms with Gasteiger partial charge in [-0.1, -0.05) is 54.6 Å². The molecule has 0 saturated heterocycles. The number of carbonyl (C=O) groups excluding carboxylic acids is 2. The zero-order chi connectivity index (χ0) is 22.7. The number of aliphatic carboxylic acids is 1. The lowest BCUT2D eigenvalue weighted by Gasteiger charge is -2.14. The van der Waals surface area contributed by atoms with E-state index in [1.807, 2.05) is 24.3 Å². The van der Waals surface area contributed by atoms with E-state index < -0.39 is 17.5 Å². The Labute approximate surface area is 186 Å².